The molecule has 1 fully saturated rings. The van der Waals surface area contributed by atoms with Crippen molar-refractivity contribution in [1.29, 1.82) is 0 Å². The molecule has 1 saturated heterocycles. The van der Waals surface area contributed by atoms with Gasteiger partial charge in [0.05, 0.1) is 6.54 Å². The van der Waals surface area contributed by atoms with Gasteiger partial charge < -0.3 is 20.3 Å². The van der Waals surface area contributed by atoms with Crippen LogP contribution in [0.4, 0.5) is 13.6 Å². The normalized spacial score (nSPS) is 14.9. The van der Waals surface area contributed by atoms with Crippen LogP contribution < -0.4 is 15.4 Å². The summed E-state index contributed by atoms with van der Waals surface area (Å²) >= 11 is 0. The smallest absolute Gasteiger partial charge is 0.318 e. The number of carbonyl (C=O) groups is 1. The lowest BCUT2D eigenvalue weighted by Crippen LogP contribution is -2.49. The SMILES string of the molecule is CC(C)(C)Oc1ccc(CNC(=O)N(Cc2ccc(F)cc2F)C2CCNCC2)cc1. The molecule has 0 aromatic heterocycles. The van der Waals surface area contributed by atoms with Gasteiger partial charge in [0.1, 0.15) is 23.0 Å². The van der Waals surface area contributed by atoms with Gasteiger partial charge in [0.15, 0.2) is 0 Å². The summed E-state index contributed by atoms with van der Waals surface area (Å²) in [6.45, 7) is 8.01. The molecule has 0 bridgehead atoms. The van der Waals surface area contributed by atoms with Crippen LogP contribution in [0.15, 0.2) is 42.5 Å². The number of amides is 2. The molecule has 0 atom stereocenters. The molecule has 0 saturated carbocycles. The number of hydrogen-bond donors (Lipinski definition) is 2. The summed E-state index contributed by atoms with van der Waals surface area (Å²) in [6.07, 6.45) is 1.57. The average molecular weight is 432 g/mol. The second kappa shape index (κ2) is 10.1. The van der Waals surface area contributed by atoms with Crippen molar-refractivity contribution in [1.82, 2.24) is 15.5 Å². The minimum Gasteiger partial charge on any atom is -0.488 e. The first kappa shape index (κ1) is 23.0. The highest BCUT2D eigenvalue weighted by atomic mass is 19.1. The highest BCUT2D eigenvalue weighted by Crippen LogP contribution is 2.20. The lowest BCUT2D eigenvalue weighted by Gasteiger charge is -2.35. The largest absolute Gasteiger partial charge is 0.488 e. The molecule has 2 aromatic carbocycles. The standard InChI is InChI=1S/C24H31F2N3O2/c1-24(2,3)31-21-8-4-17(5-9-21)15-28-23(30)29(20-10-12-27-13-11-20)16-18-6-7-19(25)14-22(18)26/h4-9,14,20,27H,10-13,15-16H2,1-3H3,(H,28,30). The third-order valence-corrected chi connectivity index (χ3v) is 5.16. The van der Waals surface area contributed by atoms with Crippen molar-refractivity contribution >= 4 is 6.03 Å². The van der Waals surface area contributed by atoms with Crippen molar-refractivity contribution in [3.8, 4) is 5.75 Å². The number of benzene rings is 2. The molecule has 0 spiro atoms. The molecule has 5 nitrogen and oxygen atoms in total. The van der Waals surface area contributed by atoms with Gasteiger partial charge in [-0.1, -0.05) is 18.2 Å². The van der Waals surface area contributed by atoms with Crippen LogP contribution in [-0.4, -0.2) is 35.7 Å². The van der Waals surface area contributed by atoms with Gasteiger partial charge >= 0.3 is 6.03 Å². The lowest BCUT2D eigenvalue weighted by atomic mass is 10.0. The van der Waals surface area contributed by atoms with E-state index in [1.165, 1.54) is 12.1 Å². The number of ether oxygens (including phenoxy) is 1. The van der Waals surface area contributed by atoms with E-state index in [0.29, 0.717) is 12.1 Å². The Bertz CT molecular complexity index is 875. The Morgan fingerprint density at radius 2 is 1.81 bits per heavy atom. The summed E-state index contributed by atoms with van der Waals surface area (Å²) < 4.78 is 33.3. The summed E-state index contributed by atoms with van der Waals surface area (Å²) in [5.74, 6) is -0.495. The highest BCUT2D eigenvalue weighted by Gasteiger charge is 2.26. The van der Waals surface area contributed by atoms with E-state index in [9.17, 15) is 13.6 Å². The number of urea groups is 1. The quantitative estimate of drug-likeness (QED) is 0.703. The van der Waals surface area contributed by atoms with Crippen LogP contribution in [0.5, 0.6) is 5.75 Å². The van der Waals surface area contributed by atoms with Crippen LogP contribution in [0.1, 0.15) is 44.7 Å². The molecule has 168 valence electrons. The Morgan fingerprint density at radius 1 is 1.13 bits per heavy atom. The summed E-state index contributed by atoms with van der Waals surface area (Å²) in [4.78, 5) is 14.7. The Balaban J connectivity index is 1.66. The van der Waals surface area contributed by atoms with Gasteiger partial charge in [-0.15, -0.1) is 0 Å². The van der Waals surface area contributed by atoms with Gasteiger partial charge in [-0.2, -0.15) is 0 Å². The monoisotopic (exact) mass is 431 g/mol. The Morgan fingerprint density at radius 3 is 2.42 bits per heavy atom. The predicted octanol–water partition coefficient (Wildman–Crippen LogP) is 4.61. The van der Waals surface area contributed by atoms with E-state index in [2.05, 4.69) is 10.6 Å². The fourth-order valence-corrected chi connectivity index (χ4v) is 3.63. The first-order chi connectivity index (χ1) is 14.7. The first-order valence-corrected chi connectivity index (χ1v) is 10.7. The fraction of sp³-hybridized carbons (Fsp3) is 0.458. The summed E-state index contributed by atoms with van der Waals surface area (Å²) in [6, 6.07) is 10.8. The number of halogens is 2. The molecule has 7 heteroatoms. The zero-order chi connectivity index (χ0) is 22.4. The number of nitrogens with one attached hydrogen (secondary N) is 2. The first-order valence-electron chi connectivity index (χ1n) is 10.7. The third kappa shape index (κ3) is 6.92. The minimum atomic E-state index is -0.638. The number of carbonyl (C=O) groups excluding carboxylic acids is 1. The zero-order valence-electron chi connectivity index (χ0n) is 18.4. The van der Waals surface area contributed by atoms with E-state index in [1.807, 2.05) is 45.0 Å². The predicted molar refractivity (Wildman–Crippen MR) is 117 cm³/mol. The molecule has 1 aliphatic heterocycles. The van der Waals surface area contributed by atoms with E-state index in [4.69, 9.17) is 4.74 Å². The van der Waals surface area contributed by atoms with Crippen molar-refractivity contribution in [3.63, 3.8) is 0 Å². The van der Waals surface area contributed by atoms with Crippen molar-refractivity contribution < 1.29 is 18.3 Å². The fourth-order valence-electron chi connectivity index (χ4n) is 3.63. The second-order valence-electron chi connectivity index (χ2n) is 8.86. The van der Waals surface area contributed by atoms with E-state index in [-0.39, 0.29) is 24.2 Å². The topological polar surface area (TPSA) is 53.6 Å². The van der Waals surface area contributed by atoms with Crippen LogP contribution in [0.3, 0.4) is 0 Å². The number of piperidine rings is 1. The van der Waals surface area contributed by atoms with Gasteiger partial charge in [-0.05, 0) is 70.5 Å². The molecule has 2 aromatic rings. The Labute approximate surface area is 182 Å². The molecule has 31 heavy (non-hydrogen) atoms. The van der Waals surface area contributed by atoms with Crippen LogP contribution in [0.25, 0.3) is 0 Å². The van der Waals surface area contributed by atoms with Gasteiger partial charge in [0.25, 0.3) is 0 Å². The van der Waals surface area contributed by atoms with Crippen LogP contribution >= 0.6 is 0 Å². The Kier molecular flexibility index (Phi) is 7.49. The van der Waals surface area contributed by atoms with E-state index < -0.39 is 11.6 Å². The molecule has 2 amide bonds. The molecule has 0 aliphatic carbocycles. The molecule has 0 radical (unpaired) electrons. The van der Waals surface area contributed by atoms with Crippen LogP contribution in [0.2, 0.25) is 0 Å². The molecule has 1 heterocycles. The maximum absolute atomic E-state index is 14.2. The maximum Gasteiger partial charge on any atom is 0.318 e. The van der Waals surface area contributed by atoms with Crippen molar-refractivity contribution in [2.24, 2.45) is 0 Å². The van der Waals surface area contributed by atoms with Gasteiger partial charge in [0.2, 0.25) is 0 Å². The molecular weight excluding hydrogens is 400 g/mol. The minimum absolute atomic E-state index is 0.00624. The molecule has 3 rings (SSSR count). The van der Waals surface area contributed by atoms with Crippen molar-refractivity contribution in [2.45, 2.75) is 58.3 Å². The summed E-state index contributed by atoms with van der Waals surface area (Å²) in [5.41, 5.74) is 0.965. The number of nitrogens with zero attached hydrogens (tertiary/aromatic N) is 1. The number of rotatable bonds is 6. The zero-order valence-corrected chi connectivity index (χ0v) is 18.4. The van der Waals surface area contributed by atoms with E-state index in [1.54, 1.807) is 4.90 Å². The lowest BCUT2D eigenvalue weighted by molar-refractivity contribution is 0.131. The molecule has 1 aliphatic rings. The second-order valence-corrected chi connectivity index (χ2v) is 8.86. The molecule has 0 unspecified atom stereocenters. The maximum atomic E-state index is 14.2. The average Bonchev–Trinajstić information content (AvgIpc) is 2.72. The number of hydrogen-bond acceptors (Lipinski definition) is 3. The summed E-state index contributed by atoms with van der Waals surface area (Å²) in [7, 11) is 0. The van der Waals surface area contributed by atoms with E-state index in [0.717, 1.165) is 43.3 Å². The third-order valence-electron chi connectivity index (χ3n) is 5.16. The molecular formula is C24H31F2N3O2. The highest BCUT2D eigenvalue weighted by molar-refractivity contribution is 5.74. The van der Waals surface area contributed by atoms with Gasteiger partial charge in [-0.25, -0.2) is 13.6 Å². The van der Waals surface area contributed by atoms with Crippen LogP contribution in [-0.2, 0) is 13.1 Å². The van der Waals surface area contributed by atoms with Crippen molar-refractivity contribution in [2.75, 3.05) is 13.1 Å². The van der Waals surface area contributed by atoms with Crippen LogP contribution in [0, 0.1) is 11.6 Å². The Hall–Kier alpha value is -2.67. The van der Waals surface area contributed by atoms with E-state index >= 15 is 0 Å². The van der Waals surface area contributed by atoms with Gasteiger partial charge in [-0.3, -0.25) is 0 Å². The van der Waals surface area contributed by atoms with Gasteiger partial charge in [0, 0.05) is 24.2 Å². The summed E-state index contributed by atoms with van der Waals surface area (Å²) in [5, 5.41) is 6.22. The van der Waals surface area contributed by atoms with Crippen molar-refractivity contribution in [3.05, 3.63) is 65.2 Å². The molecule has 2 N–H and O–H groups in total.